The molecule has 0 aliphatic carbocycles. The van der Waals surface area contributed by atoms with Gasteiger partial charge in [-0.2, -0.15) is 0 Å². The number of nitrogens with two attached hydrogens (primary N) is 1. The quantitative estimate of drug-likeness (QED) is 0.617. The molecule has 1 aliphatic heterocycles. The summed E-state index contributed by atoms with van der Waals surface area (Å²) in [7, 11) is -3.97. The first-order chi connectivity index (χ1) is 9.63. The number of nitrogens with one attached hydrogen (secondary N) is 1. The molecule has 1 saturated heterocycles. The molecule has 0 aromatic heterocycles. The molecule has 3 N–H and O–H groups in total. The van der Waals surface area contributed by atoms with Crippen LogP contribution in [0.25, 0.3) is 0 Å². The van der Waals surface area contributed by atoms with Gasteiger partial charge in [-0.15, -0.1) is 0 Å². The molecule has 8 nitrogen and oxygen atoms in total. The monoisotopic (exact) mass is 314 g/mol. The second-order valence-electron chi connectivity index (χ2n) is 5.59. The molecule has 0 radical (unpaired) electrons. The van der Waals surface area contributed by atoms with Crippen LogP contribution in [0, 0.1) is 10.1 Å². The van der Waals surface area contributed by atoms with Gasteiger partial charge in [0.2, 0.25) is 10.0 Å². The lowest BCUT2D eigenvalue weighted by Crippen LogP contribution is -2.58. The molecule has 9 heteroatoms. The number of rotatable bonds is 3. The number of benzene rings is 1. The summed E-state index contributed by atoms with van der Waals surface area (Å²) < 4.78 is 22.7. The summed E-state index contributed by atoms with van der Waals surface area (Å²) >= 11 is 0. The first kappa shape index (κ1) is 15.7. The van der Waals surface area contributed by atoms with Crippen molar-refractivity contribution in [1.29, 1.82) is 0 Å². The minimum Gasteiger partial charge on any atom is -0.358 e. The van der Waals surface area contributed by atoms with Crippen LogP contribution in [0.3, 0.4) is 0 Å². The van der Waals surface area contributed by atoms with Crippen molar-refractivity contribution in [2.75, 3.05) is 24.5 Å². The molecular formula is C12H18N4O4S. The zero-order valence-corrected chi connectivity index (χ0v) is 12.7. The van der Waals surface area contributed by atoms with E-state index in [1.54, 1.807) is 0 Å². The Hall–Kier alpha value is -1.71. The summed E-state index contributed by atoms with van der Waals surface area (Å²) in [6.45, 7) is 5.92. The molecule has 0 atom stereocenters. The summed E-state index contributed by atoms with van der Waals surface area (Å²) in [6, 6.07) is 3.77. The lowest BCUT2D eigenvalue weighted by molar-refractivity contribution is -0.384. The predicted molar refractivity (Wildman–Crippen MR) is 78.8 cm³/mol. The van der Waals surface area contributed by atoms with Gasteiger partial charge < -0.3 is 10.2 Å². The lowest BCUT2D eigenvalue weighted by atomic mass is 9.98. The number of piperazine rings is 1. The summed E-state index contributed by atoms with van der Waals surface area (Å²) in [5, 5.41) is 19.5. The SMILES string of the molecule is CC1(C)CNCCN1c1ccc(S(N)(=O)=O)cc1[N+](=O)[O-]. The molecule has 0 saturated carbocycles. The average molecular weight is 314 g/mol. The van der Waals surface area contributed by atoms with Gasteiger partial charge in [-0.3, -0.25) is 10.1 Å². The van der Waals surface area contributed by atoms with Gasteiger partial charge in [0, 0.05) is 31.2 Å². The van der Waals surface area contributed by atoms with Gasteiger partial charge in [-0.1, -0.05) is 0 Å². The molecule has 1 fully saturated rings. The maximum Gasteiger partial charge on any atom is 0.293 e. The maximum atomic E-state index is 11.4. The van der Waals surface area contributed by atoms with E-state index in [9.17, 15) is 18.5 Å². The molecule has 1 aromatic carbocycles. The van der Waals surface area contributed by atoms with Gasteiger partial charge in [0.15, 0.2) is 0 Å². The molecule has 1 aromatic rings. The molecule has 21 heavy (non-hydrogen) atoms. The second-order valence-corrected chi connectivity index (χ2v) is 7.15. The van der Waals surface area contributed by atoms with Gasteiger partial charge in [-0.25, -0.2) is 13.6 Å². The van der Waals surface area contributed by atoms with Crippen molar-refractivity contribution in [2.24, 2.45) is 5.14 Å². The summed E-state index contributed by atoms with van der Waals surface area (Å²) in [5.74, 6) is 0. The van der Waals surface area contributed by atoms with E-state index in [1.165, 1.54) is 12.1 Å². The normalized spacial score (nSPS) is 18.5. The van der Waals surface area contributed by atoms with E-state index in [1.807, 2.05) is 18.7 Å². The Morgan fingerprint density at radius 2 is 2.10 bits per heavy atom. The van der Waals surface area contributed by atoms with E-state index in [2.05, 4.69) is 5.32 Å². The maximum absolute atomic E-state index is 11.4. The van der Waals surface area contributed by atoms with Crippen LogP contribution >= 0.6 is 0 Å². The van der Waals surface area contributed by atoms with Crippen molar-refractivity contribution in [3.8, 4) is 0 Å². The van der Waals surface area contributed by atoms with Crippen molar-refractivity contribution in [3.05, 3.63) is 28.3 Å². The Morgan fingerprint density at radius 3 is 2.62 bits per heavy atom. The number of hydrogen-bond acceptors (Lipinski definition) is 6. The largest absolute Gasteiger partial charge is 0.358 e. The Labute approximate surface area is 123 Å². The first-order valence-electron chi connectivity index (χ1n) is 6.42. The van der Waals surface area contributed by atoms with Crippen LogP contribution in [0.2, 0.25) is 0 Å². The van der Waals surface area contributed by atoms with E-state index >= 15 is 0 Å². The van der Waals surface area contributed by atoms with Crippen LogP contribution in [-0.4, -0.2) is 38.5 Å². The average Bonchev–Trinajstić information content (AvgIpc) is 2.36. The van der Waals surface area contributed by atoms with Crippen molar-refractivity contribution in [1.82, 2.24) is 5.32 Å². The number of nitro groups is 1. The summed E-state index contributed by atoms with van der Waals surface area (Å²) in [5.41, 5.74) is -0.165. The number of nitrogens with zero attached hydrogens (tertiary/aromatic N) is 2. The topological polar surface area (TPSA) is 119 Å². The molecule has 0 unspecified atom stereocenters. The third-order valence-corrected chi connectivity index (χ3v) is 4.47. The highest BCUT2D eigenvalue weighted by Crippen LogP contribution is 2.35. The summed E-state index contributed by atoms with van der Waals surface area (Å²) in [4.78, 5) is 12.4. The standard InChI is InChI=1S/C12H18N4O4S/c1-12(2)8-14-5-6-15(12)10-4-3-9(21(13,19)20)7-11(10)16(17)18/h3-4,7,14H,5-6,8H2,1-2H3,(H2,13,19,20). The molecule has 0 spiro atoms. The molecule has 1 heterocycles. The predicted octanol–water partition coefficient (Wildman–Crippen LogP) is 0.430. The van der Waals surface area contributed by atoms with Crippen molar-refractivity contribution < 1.29 is 13.3 Å². The third-order valence-electron chi connectivity index (χ3n) is 3.56. The Kier molecular flexibility index (Phi) is 3.91. The first-order valence-corrected chi connectivity index (χ1v) is 7.97. The molecule has 2 rings (SSSR count). The van der Waals surface area contributed by atoms with E-state index in [4.69, 9.17) is 5.14 Å². The zero-order chi connectivity index (χ0) is 15.8. The Balaban J connectivity index is 2.56. The van der Waals surface area contributed by atoms with Crippen molar-refractivity contribution in [2.45, 2.75) is 24.3 Å². The lowest BCUT2D eigenvalue weighted by Gasteiger charge is -2.44. The number of nitro benzene ring substituents is 1. The minimum absolute atomic E-state index is 0.253. The fourth-order valence-corrected chi connectivity index (χ4v) is 3.02. The zero-order valence-electron chi connectivity index (χ0n) is 11.9. The number of anilines is 1. The molecule has 1 aliphatic rings. The summed E-state index contributed by atoms with van der Waals surface area (Å²) in [6.07, 6.45) is 0. The fourth-order valence-electron chi connectivity index (χ4n) is 2.48. The van der Waals surface area contributed by atoms with Gasteiger partial charge in [0.25, 0.3) is 5.69 Å². The van der Waals surface area contributed by atoms with Crippen LogP contribution < -0.4 is 15.4 Å². The Bertz CT molecular complexity index is 672. The van der Waals surface area contributed by atoms with Crippen molar-refractivity contribution >= 4 is 21.4 Å². The van der Waals surface area contributed by atoms with Crippen LogP contribution in [0.4, 0.5) is 11.4 Å². The van der Waals surface area contributed by atoms with E-state index in [0.29, 0.717) is 25.3 Å². The van der Waals surface area contributed by atoms with Crippen LogP contribution in [0.15, 0.2) is 23.1 Å². The molecular weight excluding hydrogens is 296 g/mol. The highest BCUT2D eigenvalue weighted by atomic mass is 32.2. The fraction of sp³-hybridized carbons (Fsp3) is 0.500. The number of hydrogen-bond donors (Lipinski definition) is 2. The van der Waals surface area contributed by atoms with E-state index in [0.717, 1.165) is 6.07 Å². The minimum atomic E-state index is -3.97. The van der Waals surface area contributed by atoms with Gasteiger partial charge >= 0.3 is 0 Å². The highest BCUT2D eigenvalue weighted by Gasteiger charge is 2.34. The number of primary sulfonamides is 1. The number of sulfonamides is 1. The molecule has 0 amide bonds. The van der Waals surface area contributed by atoms with Crippen LogP contribution in [-0.2, 0) is 10.0 Å². The Morgan fingerprint density at radius 1 is 1.43 bits per heavy atom. The van der Waals surface area contributed by atoms with Gasteiger partial charge in [-0.05, 0) is 26.0 Å². The van der Waals surface area contributed by atoms with Gasteiger partial charge in [0.1, 0.15) is 5.69 Å². The molecule has 0 bridgehead atoms. The van der Waals surface area contributed by atoms with Crippen molar-refractivity contribution in [3.63, 3.8) is 0 Å². The van der Waals surface area contributed by atoms with Crippen LogP contribution in [0.1, 0.15) is 13.8 Å². The molecule has 116 valence electrons. The van der Waals surface area contributed by atoms with Crippen LogP contribution in [0.5, 0.6) is 0 Å². The van der Waals surface area contributed by atoms with Gasteiger partial charge in [0.05, 0.1) is 9.82 Å². The van der Waals surface area contributed by atoms with E-state index in [-0.39, 0.29) is 16.1 Å². The third kappa shape index (κ3) is 3.14. The smallest absolute Gasteiger partial charge is 0.293 e. The van der Waals surface area contributed by atoms with E-state index < -0.39 is 14.9 Å². The highest BCUT2D eigenvalue weighted by molar-refractivity contribution is 7.89. The second kappa shape index (κ2) is 5.24.